The number of methoxy groups -OCH3 is 1. The SMILES string of the molecule is COc1ccc(C2=NC3(CCCCC3)N(CC(=O)Nc3ccc(Cl)c(C)c3)C2=O)cc1. The third kappa shape index (κ3) is 4.30. The Morgan fingerprint density at radius 1 is 1.16 bits per heavy atom. The van der Waals surface area contributed by atoms with Gasteiger partial charge in [0.2, 0.25) is 5.91 Å². The van der Waals surface area contributed by atoms with Gasteiger partial charge in [-0.05, 0) is 80.6 Å². The van der Waals surface area contributed by atoms with Gasteiger partial charge in [0.25, 0.3) is 5.91 Å². The van der Waals surface area contributed by atoms with Gasteiger partial charge in [-0.3, -0.25) is 14.6 Å². The lowest BCUT2D eigenvalue weighted by Gasteiger charge is -2.38. The average Bonchev–Trinajstić information content (AvgIpc) is 3.03. The lowest BCUT2D eigenvalue weighted by molar-refractivity contribution is -0.134. The van der Waals surface area contributed by atoms with E-state index in [2.05, 4.69) is 5.32 Å². The quantitative estimate of drug-likeness (QED) is 0.740. The summed E-state index contributed by atoms with van der Waals surface area (Å²) in [6, 6.07) is 12.6. The van der Waals surface area contributed by atoms with Gasteiger partial charge in [-0.25, -0.2) is 0 Å². The number of nitrogens with zero attached hydrogens (tertiary/aromatic N) is 2. The Balaban J connectivity index is 1.57. The molecule has 1 heterocycles. The number of aliphatic imine (C=N–C) groups is 1. The van der Waals surface area contributed by atoms with Gasteiger partial charge >= 0.3 is 0 Å². The van der Waals surface area contributed by atoms with Crippen molar-refractivity contribution in [2.45, 2.75) is 44.7 Å². The van der Waals surface area contributed by atoms with Crippen molar-refractivity contribution in [1.29, 1.82) is 0 Å². The minimum Gasteiger partial charge on any atom is -0.497 e. The van der Waals surface area contributed by atoms with E-state index < -0.39 is 5.66 Å². The van der Waals surface area contributed by atoms with Crippen LogP contribution in [0.5, 0.6) is 5.75 Å². The van der Waals surface area contributed by atoms with Crippen molar-refractivity contribution in [3.8, 4) is 5.75 Å². The number of aryl methyl sites for hydroxylation is 1. The Morgan fingerprint density at radius 2 is 1.87 bits per heavy atom. The predicted molar refractivity (Wildman–Crippen MR) is 122 cm³/mol. The molecule has 0 radical (unpaired) electrons. The molecule has 2 aromatic carbocycles. The molecule has 2 aromatic rings. The van der Waals surface area contributed by atoms with Crippen LogP contribution in [-0.4, -0.2) is 41.7 Å². The molecule has 7 heteroatoms. The molecule has 31 heavy (non-hydrogen) atoms. The Kier molecular flexibility index (Phi) is 6.01. The molecule has 0 saturated heterocycles. The topological polar surface area (TPSA) is 71.0 Å². The van der Waals surface area contributed by atoms with Crippen molar-refractivity contribution in [3.63, 3.8) is 0 Å². The number of anilines is 1. The number of rotatable bonds is 5. The maximum atomic E-state index is 13.4. The molecule has 1 saturated carbocycles. The summed E-state index contributed by atoms with van der Waals surface area (Å²) < 4.78 is 5.22. The van der Waals surface area contributed by atoms with Crippen LogP contribution in [0.2, 0.25) is 5.02 Å². The second kappa shape index (κ2) is 8.71. The molecule has 4 rings (SSSR count). The van der Waals surface area contributed by atoms with Crippen LogP contribution in [-0.2, 0) is 9.59 Å². The first-order chi connectivity index (χ1) is 14.9. The Bertz CT molecular complexity index is 1030. The minimum absolute atomic E-state index is 0.0380. The van der Waals surface area contributed by atoms with Gasteiger partial charge in [-0.2, -0.15) is 0 Å². The second-order valence-corrected chi connectivity index (χ2v) is 8.54. The zero-order valence-corrected chi connectivity index (χ0v) is 18.5. The van der Waals surface area contributed by atoms with Gasteiger partial charge in [0.15, 0.2) is 0 Å². The molecular formula is C24H26ClN3O3. The van der Waals surface area contributed by atoms with Gasteiger partial charge in [-0.1, -0.05) is 18.0 Å². The predicted octanol–water partition coefficient (Wildman–Crippen LogP) is 4.59. The molecule has 1 aliphatic carbocycles. The molecule has 1 N–H and O–H groups in total. The van der Waals surface area contributed by atoms with E-state index in [1.54, 1.807) is 24.1 Å². The number of carbonyl (C=O) groups excluding carboxylic acids is 2. The van der Waals surface area contributed by atoms with E-state index in [9.17, 15) is 9.59 Å². The van der Waals surface area contributed by atoms with Crippen LogP contribution in [0.3, 0.4) is 0 Å². The Labute approximate surface area is 187 Å². The minimum atomic E-state index is -0.641. The number of halogens is 1. The standard InChI is InChI=1S/C24H26ClN3O3/c1-16-14-18(8-11-20(16)25)26-21(29)15-28-23(30)22(17-6-9-19(31-2)10-7-17)27-24(28)12-4-3-5-13-24/h6-11,14H,3-5,12-13,15H2,1-2H3,(H,26,29). The first-order valence-electron chi connectivity index (χ1n) is 10.5. The number of amides is 2. The molecule has 2 aliphatic rings. The normalized spacial score (nSPS) is 17.6. The van der Waals surface area contributed by atoms with Crippen LogP contribution in [0.25, 0.3) is 0 Å². The highest BCUT2D eigenvalue weighted by atomic mass is 35.5. The van der Waals surface area contributed by atoms with E-state index in [-0.39, 0.29) is 18.4 Å². The van der Waals surface area contributed by atoms with Crippen LogP contribution in [0.15, 0.2) is 47.5 Å². The van der Waals surface area contributed by atoms with E-state index in [4.69, 9.17) is 21.3 Å². The van der Waals surface area contributed by atoms with Crippen molar-refractivity contribution in [2.24, 2.45) is 4.99 Å². The van der Waals surface area contributed by atoms with Crippen LogP contribution in [0, 0.1) is 6.92 Å². The fraction of sp³-hybridized carbons (Fsp3) is 0.375. The van der Waals surface area contributed by atoms with Gasteiger partial charge in [0.1, 0.15) is 23.7 Å². The Morgan fingerprint density at radius 3 is 2.52 bits per heavy atom. The van der Waals surface area contributed by atoms with Crippen molar-refractivity contribution >= 4 is 34.8 Å². The third-order valence-corrected chi connectivity index (χ3v) is 6.46. The van der Waals surface area contributed by atoms with Crippen LogP contribution in [0.4, 0.5) is 5.69 Å². The summed E-state index contributed by atoms with van der Waals surface area (Å²) in [5.74, 6) is 0.275. The summed E-state index contributed by atoms with van der Waals surface area (Å²) >= 11 is 6.08. The number of hydrogen-bond acceptors (Lipinski definition) is 4. The average molecular weight is 440 g/mol. The maximum Gasteiger partial charge on any atom is 0.275 e. The Hall–Kier alpha value is -2.86. The highest BCUT2D eigenvalue weighted by Crippen LogP contribution is 2.39. The highest BCUT2D eigenvalue weighted by molar-refractivity contribution is 6.47. The number of hydrogen-bond donors (Lipinski definition) is 1. The first kappa shape index (κ1) is 21.4. The van der Waals surface area contributed by atoms with Crippen LogP contribution < -0.4 is 10.1 Å². The lowest BCUT2D eigenvalue weighted by Crippen LogP contribution is -2.51. The summed E-state index contributed by atoms with van der Waals surface area (Å²) in [7, 11) is 1.60. The van der Waals surface area contributed by atoms with E-state index in [0.29, 0.717) is 16.4 Å². The van der Waals surface area contributed by atoms with E-state index in [1.165, 1.54) is 0 Å². The molecule has 162 valence electrons. The summed E-state index contributed by atoms with van der Waals surface area (Å²) in [6.07, 6.45) is 4.63. The van der Waals surface area contributed by atoms with Crippen LogP contribution in [0.1, 0.15) is 43.2 Å². The zero-order chi connectivity index (χ0) is 22.0. The number of ether oxygens (including phenoxy) is 1. The fourth-order valence-corrected chi connectivity index (χ4v) is 4.47. The number of carbonyl (C=O) groups is 2. The maximum absolute atomic E-state index is 13.4. The molecule has 0 bridgehead atoms. The summed E-state index contributed by atoms with van der Waals surface area (Å²) in [6.45, 7) is 1.84. The van der Waals surface area contributed by atoms with Gasteiger partial charge in [0, 0.05) is 16.3 Å². The third-order valence-electron chi connectivity index (χ3n) is 6.03. The first-order valence-corrected chi connectivity index (χ1v) is 10.9. The van der Waals surface area contributed by atoms with E-state index in [0.717, 1.165) is 49.0 Å². The molecule has 0 atom stereocenters. The fourth-order valence-electron chi connectivity index (χ4n) is 4.36. The van der Waals surface area contributed by atoms with E-state index in [1.807, 2.05) is 37.3 Å². The molecule has 1 spiro atoms. The number of nitrogens with one attached hydrogen (secondary N) is 1. The molecule has 1 fully saturated rings. The molecule has 0 unspecified atom stereocenters. The zero-order valence-electron chi connectivity index (χ0n) is 17.8. The molecule has 6 nitrogen and oxygen atoms in total. The summed E-state index contributed by atoms with van der Waals surface area (Å²) in [4.78, 5) is 32.8. The molecule has 2 amide bonds. The van der Waals surface area contributed by atoms with Crippen molar-refractivity contribution < 1.29 is 14.3 Å². The second-order valence-electron chi connectivity index (χ2n) is 8.14. The molecular weight excluding hydrogens is 414 g/mol. The van der Waals surface area contributed by atoms with Crippen molar-refractivity contribution in [3.05, 3.63) is 58.6 Å². The van der Waals surface area contributed by atoms with Gasteiger partial charge in [-0.15, -0.1) is 0 Å². The number of benzene rings is 2. The van der Waals surface area contributed by atoms with Crippen LogP contribution >= 0.6 is 11.6 Å². The monoisotopic (exact) mass is 439 g/mol. The summed E-state index contributed by atoms with van der Waals surface area (Å²) in [5, 5.41) is 3.53. The van der Waals surface area contributed by atoms with Crippen molar-refractivity contribution in [2.75, 3.05) is 19.0 Å². The van der Waals surface area contributed by atoms with Gasteiger partial charge < -0.3 is 15.0 Å². The van der Waals surface area contributed by atoms with E-state index >= 15 is 0 Å². The molecule has 1 aliphatic heterocycles. The van der Waals surface area contributed by atoms with Gasteiger partial charge in [0.05, 0.1) is 7.11 Å². The highest BCUT2D eigenvalue weighted by Gasteiger charge is 2.48. The smallest absolute Gasteiger partial charge is 0.275 e. The largest absolute Gasteiger partial charge is 0.497 e. The molecule has 0 aromatic heterocycles. The van der Waals surface area contributed by atoms with Crippen molar-refractivity contribution in [1.82, 2.24) is 4.90 Å². The lowest BCUT2D eigenvalue weighted by atomic mass is 9.88. The summed E-state index contributed by atoms with van der Waals surface area (Å²) in [5.41, 5.74) is 2.06.